The first kappa shape index (κ1) is 14.9. The van der Waals surface area contributed by atoms with Crippen molar-refractivity contribution in [2.45, 2.75) is 38.9 Å². The molecule has 1 saturated heterocycles. The topological polar surface area (TPSA) is 18.5 Å². The Hall–Kier alpha value is -1.54. The van der Waals surface area contributed by atoms with E-state index in [1.807, 2.05) is 70.1 Å². The highest BCUT2D eigenvalue weighted by molar-refractivity contribution is 6.53. The first-order valence-corrected chi connectivity index (χ1v) is 6.84. The molecule has 0 unspecified atom stereocenters. The van der Waals surface area contributed by atoms with Crippen LogP contribution >= 0.6 is 0 Å². The Morgan fingerprint density at radius 2 is 1.65 bits per heavy atom. The minimum Gasteiger partial charge on any atom is -0.400 e. The lowest BCUT2D eigenvalue weighted by atomic mass is 9.85. The van der Waals surface area contributed by atoms with Crippen LogP contribution in [0.2, 0.25) is 0 Å². The number of rotatable bonds is 3. The summed E-state index contributed by atoms with van der Waals surface area (Å²) < 4.78 is 12.0. The standard InChI is InChI=1S/C17H21BO2/c1-6-10-15(14-11-8-7-9-12-14)13-18-19-16(2,3)17(4,5)20-18/h7-13H,1H2,2-5H3/b15-13+. The van der Waals surface area contributed by atoms with Crippen molar-refractivity contribution in [3.63, 3.8) is 0 Å². The van der Waals surface area contributed by atoms with Crippen molar-refractivity contribution >= 4 is 12.7 Å². The minimum absolute atomic E-state index is 0.326. The minimum atomic E-state index is -0.361. The Balaban J connectivity index is 2.31. The molecule has 3 heteroatoms. The summed E-state index contributed by atoms with van der Waals surface area (Å²) in [6, 6.07) is 10.1. The predicted molar refractivity (Wildman–Crippen MR) is 84.2 cm³/mol. The average molecular weight is 268 g/mol. The van der Waals surface area contributed by atoms with E-state index in [-0.39, 0.29) is 18.3 Å². The lowest BCUT2D eigenvalue weighted by molar-refractivity contribution is 0.00578. The molecule has 1 fully saturated rings. The Bertz CT molecular complexity index is 536. The fraction of sp³-hybridized carbons (Fsp3) is 0.353. The van der Waals surface area contributed by atoms with Gasteiger partial charge in [0.25, 0.3) is 0 Å². The molecule has 0 atom stereocenters. The van der Waals surface area contributed by atoms with Crippen LogP contribution in [0.4, 0.5) is 0 Å². The second-order valence-corrected chi connectivity index (χ2v) is 5.96. The van der Waals surface area contributed by atoms with Crippen molar-refractivity contribution in [1.29, 1.82) is 0 Å². The summed E-state index contributed by atoms with van der Waals surface area (Å²) in [5, 5.41) is 0. The van der Waals surface area contributed by atoms with Gasteiger partial charge < -0.3 is 9.31 Å². The lowest BCUT2D eigenvalue weighted by Crippen LogP contribution is -2.41. The summed E-state index contributed by atoms with van der Waals surface area (Å²) in [6.07, 6.45) is 1.85. The Morgan fingerprint density at radius 3 is 2.15 bits per heavy atom. The molecule has 0 radical (unpaired) electrons. The van der Waals surface area contributed by atoms with E-state index in [0.29, 0.717) is 0 Å². The van der Waals surface area contributed by atoms with E-state index in [0.717, 1.165) is 11.1 Å². The molecule has 1 aliphatic rings. The Kier molecular flexibility index (Phi) is 4.05. The number of allylic oxidation sites excluding steroid dienone is 2. The van der Waals surface area contributed by atoms with E-state index in [2.05, 4.69) is 12.3 Å². The average Bonchev–Trinajstić information content (AvgIpc) is 2.58. The summed E-state index contributed by atoms with van der Waals surface area (Å²) in [5.41, 5.74) is 4.27. The molecule has 0 saturated carbocycles. The summed E-state index contributed by atoms with van der Waals surface area (Å²) in [4.78, 5) is 0. The number of hydrogen-bond donors (Lipinski definition) is 0. The van der Waals surface area contributed by atoms with E-state index < -0.39 is 0 Å². The van der Waals surface area contributed by atoms with Crippen molar-refractivity contribution in [2.75, 3.05) is 0 Å². The molecule has 0 aromatic heterocycles. The van der Waals surface area contributed by atoms with Gasteiger partial charge in [0, 0.05) is 0 Å². The quantitative estimate of drug-likeness (QED) is 0.468. The van der Waals surface area contributed by atoms with Gasteiger partial charge in [-0.3, -0.25) is 0 Å². The van der Waals surface area contributed by atoms with E-state index >= 15 is 0 Å². The fourth-order valence-corrected chi connectivity index (χ4v) is 2.07. The zero-order valence-electron chi connectivity index (χ0n) is 12.6. The maximum Gasteiger partial charge on any atom is 0.487 e. The van der Waals surface area contributed by atoms with E-state index in [1.165, 1.54) is 0 Å². The van der Waals surface area contributed by atoms with Gasteiger partial charge in [-0.25, -0.2) is 0 Å². The summed E-state index contributed by atoms with van der Waals surface area (Å²) >= 11 is 0. The number of hydrogen-bond acceptors (Lipinski definition) is 2. The highest BCUT2D eigenvalue weighted by Crippen LogP contribution is 2.37. The Morgan fingerprint density at radius 1 is 1.10 bits per heavy atom. The molecule has 0 spiro atoms. The van der Waals surface area contributed by atoms with Crippen LogP contribution in [0.1, 0.15) is 33.3 Å². The zero-order chi connectivity index (χ0) is 14.8. The summed E-state index contributed by atoms with van der Waals surface area (Å²) in [6.45, 7) is 11.8. The van der Waals surface area contributed by atoms with Crippen molar-refractivity contribution in [3.05, 3.63) is 60.3 Å². The van der Waals surface area contributed by atoms with Crippen molar-refractivity contribution < 1.29 is 9.31 Å². The molecule has 1 aromatic rings. The molecule has 2 rings (SSSR count). The van der Waals surface area contributed by atoms with Gasteiger partial charge in [-0.15, -0.1) is 5.73 Å². The third-order valence-corrected chi connectivity index (χ3v) is 3.95. The predicted octanol–water partition coefficient (Wildman–Crippen LogP) is 4.04. The summed E-state index contributed by atoms with van der Waals surface area (Å²) in [5.74, 6) is 1.98. The first-order valence-electron chi connectivity index (χ1n) is 6.84. The van der Waals surface area contributed by atoms with Crippen LogP contribution in [0.5, 0.6) is 0 Å². The van der Waals surface area contributed by atoms with Crippen LogP contribution in [0.15, 0.2) is 54.7 Å². The van der Waals surface area contributed by atoms with Crippen LogP contribution in [0.25, 0.3) is 5.57 Å². The monoisotopic (exact) mass is 268 g/mol. The van der Waals surface area contributed by atoms with Gasteiger partial charge in [0.15, 0.2) is 0 Å². The second-order valence-electron chi connectivity index (χ2n) is 5.96. The van der Waals surface area contributed by atoms with Gasteiger partial charge in [-0.1, -0.05) is 36.9 Å². The molecule has 1 aromatic carbocycles. The fourth-order valence-electron chi connectivity index (χ4n) is 2.07. The SMILES string of the molecule is C=C=C/C(=C\B1OC(C)(C)C(C)(C)O1)c1ccccc1. The molecule has 0 bridgehead atoms. The van der Waals surface area contributed by atoms with Gasteiger partial charge in [-0.2, -0.15) is 0 Å². The Labute approximate surface area is 121 Å². The normalized spacial score (nSPS) is 20.6. The van der Waals surface area contributed by atoms with Gasteiger partial charge >= 0.3 is 7.12 Å². The van der Waals surface area contributed by atoms with Gasteiger partial charge in [0.05, 0.1) is 11.2 Å². The maximum atomic E-state index is 6.00. The van der Waals surface area contributed by atoms with Gasteiger partial charge in [-0.05, 0) is 50.9 Å². The highest BCUT2D eigenvalue weighted by atomic mass is 16.7. The van der Waals surface area contributed by atoms with Crippen molar-refractivity contribution in [1.82, 2.24) is 0 Å². The van der Waals surface area contributed by atoms with E-state index in [9.17, 15) is 0 Å². The number of benzene rings is 1. The molecular formula is C17H21BO2. The van der Waals surface area contributed by atoms with Crippen molar-refractivity contribution in [2.24, 2.45) is 0 Å². The lowest BCUT2D eigenvalue weighted by Gasteiger charge is -2.32. The van der Waals surface area contributed by atoms with E-state index in [4.69, 9.17) is 9.31 Å². The molecule has 1 aliphatic heterocycles. The molecule has 104 valence electrons. The second kappa shape index (κ2) is 5.45. The van der Waals surface area contributed by atoms with Gasteiger partial charge in [0.1, 0.15) is 0 Å². The molecule has 0 amide bonds. The van der Waals surface area contributed by atoms with Gasteiger partial charge in [0.2, 0.25) is 0 Å². The maximum absolute atomic E-state index is 6.00. The summed E-state index contributed by atoms with van der Waals surface area (Å²) in [7, 11) is -0.361. The van der Waals surface area contributed by atoms with Crippen LogP contribution in [-0.4, -0.2) is 18.3 Å². The van der Waals surface area contributed by atoms with Crippen LogP contribution < -0.4 is 0 Å². The zero-order valence-corrected chi connectivity index (χ0v) is 12.6. The van der Waals surface area contributed by atoms with Crippen LogP contribution in [-0.2, 0) is 9.31 Å². The van der Waals surface area contributed by atoms with Crippen LogP contribution in [0, 0.1) is 0 Å². The highest BCUT2D eigenvalue weighted by Gasteiger charge is 2.50. The molecule has 0 N–H and O–H groups in total. The first-order chi connectivity index (χ1) is 9.36. The third-order valence-electron chi connectivity index (χ3n) is 3.95. The van der Waals surface area contributed by atoms with Crippen molar-refractivity contribution in [3.8, 4) is 0 Å². The smallest absolute Gasteiger partial charge is 0.400 e. The molecule has 0 aliphatic carbocycles. The van der Waals surface area contributed by atoms with E-state index in [1.54, 1.807) is 0 Å². The molecular weight excluding hydrogens is 247 g/mol. The third kappa shape index (κ3) is 2.96. The molecule has 2 nitrogen and oxygen atoms in total. The molecule has 20 heavy (non-hydrogen) atoms. The molecule has 1 heterocycles. The van der Waals surface area contributed by atoms with Crippen LogP contribution in [0.3, 0.4) is 0 Å². The largest absolute Gasteiger partial charge is 0.487 e.